The summed E-state index contributed by atoms with van der Waals surface area (Å²) in [5.41, 5.74) is 0.992. The number of nitrogens with one attached hydrogen (secondary N) is 2. The minimum Gasteiger partial charge on any atom is -0.323 e. The number of thiophene rings is 1. The van der Waals surface area contributed by atoms with Crippen molar-refractivity contribution in [3.63, 3.8) is 0 Å². The summed E-state index contributed by atoms with van der Waals surface area (Å²) in [5.74, 6) is -0.158. The number of nitrogens with zero attached hydrogens (tertiary/aromatic N) is 1. The minimum atomic E-state index is -3.72. The Labute approximate surface area is 202 Å². The average Bonchev–Trinajstić information content (AvgIpc) is 3.15. The summed E-state index contributed by atoms with van der Waals surface area (Å²) in [6.07, 6.45) is 6.57. The van der Waals surface area contributed by atoms with Crippen LogP contribution in [0.2, 0.25) is 0 Å². The lowest BCUT2D eigenvalue weighted by Crippen LogP contribution is -2.30. The molecule has 0 radical (unpaired) electrons. The van der Waals surface area contributed by atoms with Crippen molar-refractivity contribution >= 4 is 44.9 Å². The van der Waals surface area contributed by atoms with E-state index in [0.717, 1.165) is 29.0 Å². The zero-order chi connectivity index (χ0) is 24.0. The van der Waals surface area contributed by atoms with Gasteiger partial charge in [-0.1, -0.05) is 24.6 Å². The third-order valence-corrected chi connectivity index (χ3v) is 7.70. The third-order valence-electron chi connectivity index (χ3n) is 5.22. The molecular formula is C25H24FN3O3S2. The zero-order valence-corrected chi connectivity index (χ0v) is 20.0. The van der Waals surface area contributed by atoms with Gasteiger partial charge in [0.25, 0.3) is 10.0 Å². The molecule has 2 N–H and O–H groups in total. The molecule has 0 bridgehead atoms. The minimum absolute atomic E-state index is 0.104. The van der Waals surface area contributed by atoms with Crippen LogP contribution in [-0.2, 0) is 14.8 Å². The fourth-order valence-corrected chi connectivity index (χ4v) is 5.51. The molecule has 6 nitrogen and oxygen atoms in total. The summed E-state index contributed by atoms with van der Waals surface area (Å²) < 4.78 is 41.8. The van der Waals surface area contributed by atoms with E-state index in [1.165, 1.54) is 47.7 Å². The molecule has 4 rings (SSSR count). The Morgan fingerprint density at radius 3 is 2.59 bits per heavy atom. The highest BCUT2D eigenvalue weighted by atomic mass is 32.2. The van der Waals surface area contributed by atoms with Gasteiger partial charge in [-0.15, -0.1) is 11.3 Å². The molecule has 0 aliphatic carbocycles. The number of carbonyl (C=O) groups is 1. The highest BCUT2D eigenvalue weighted by Crippen LogP contribution is 2.30. The molecule has 0 fully saturated rings. The van der Waals surface area contributed by atoms with E-state index in [1.807, 2.05) is 12.1 Å². The maximum Gasteiger partial charge on any atom is 0.262 e. The Hall–Kier alpha value is -3.30. The topological polar surface area (TPSA) is 87.6 Å². The zero-order valence-electron chi connectivity index (χ0n) is 18.3. The number of anilines is 1. The van der Waals surface area contributed by atoms with Crippen molar-refractivity contribution in [3.05, 3.63) is 77.4 Å². The van der Waals surface area contributed by atoms with E-state index >= 15 is 0 Å². The van der Waals surface area contributed by atoms with E-state index in [-0.39, 0.29) is 16.6 Å². The molecule has 176 valence electrons. The third kappa shape index (κ3) is 6.18. The van der Waals surface area contributed by atoms with Gasteiger partial charge in [0.1, 0.15) is 11.7 Å². The number of sulfonamides is 1. The van der Waals surface area contributed by atoms with Gasteiger partial charge in [0.15, 0.2) is 0 Å². The molecule has 3 aromatic rings. The van der Waals surface area contributed by atoms with Crippen LogP contribution in [0.1, 0.15) is 30.6 Å². The van der Waals surface area contributed by atoms with Gasteiger partial charge < -0.3 is 5.32 Å². The molecule has 0 unspecified atom stereocenters. The fourth-order valence-electron chi connectivity index (χ4n) is 3.48. The van der Waals surface area contributed by atoms with Crippen molar-refractivity contribution in [2.75, 3.05) is 11.9 Å². The molecule has 2 aromatic carbocycles. The van der Waals surface area contributed by atoms with Crippen LogP contribution in [0.4, 0.5) is 10.1 Å². The van der Waals surface area contributed by atoms with Crippen molar-refractivity contribution in [1.29, 1.82) is 0 Å². The van der Waals surface area contributed by atoms with Crippen molar-refractivity contribution in [3.8, 4) is 10.4 Å². The highest BCUT2D eigenvalue weighted by molar-refractivity contribution is 7.90. The van der Waals surface area contributed by atoms with Gasteiger partial charge >= 0.3 is 0 Å². The van der Waals surface area contributed by atoms with Crippen LogP contribution < -0.4 is 10.0 Å². The Kier molecular flexibility index (Phi) is 7.54. The number of benzene rings is 2. The van der Waals surface area contributed by atoms with Crippen LogP contribution >= 0.6 is 11.3 Å². The predicted octanol–water partition coefficient (Wildman–Crippen LogP) is 5.46. The Balaban J connectivity index is 1.36. The van der Waals surface area contributed by atoms with E-state index < -0.39 is 10.0 Å². The summed E-state index contributed by atoms with van der Waals surface area (Å²) in [6.45, 7) is 0.631. The summed E-state index contributed by atoms with van der Waals surface area (Å²) in [6, 6.07) is 16.1. The van der Waals surface area contributed by atoms with Gasteiger partial charge in [0.05, 0.1) is 4.90 Å². The molecule has 1 aliphatic heterocycles. The monoisotopic (exact) mass is 497 g/mol. The SMILES string of the molecule is O=C(/C=C/c1ccc(-c2ccccc2F)s1)Nc1ccc(S(=O)(=O)NC2=NCCCCC2)cc1. The average molecular weight is 498 g/mol. The lowest BCUT2D eigenvalue weighted by atomic mass is 10.2. The molecule has 0 saturated heterocycles. The molecule has 0 atom stereocenters. The number of carbonyl (C=O) groups excluding carboxylic acids is 1. The molecule has 0 spiro atoms. The van der Waals surface area contributed by atoms with Crippen molar-refractivity contribution in [2.45, 2.75) is 30.6 Å². The van der Waals surface area contributed by atoms with Crippen molar-refractivity contribution in [1.82, 2.24) is 4.72 Å². The number of amidine groups is 1. The van der Waals surface area contributed by atoms with Gasteiger partial charge in [-0.05, 0) is 61.4 Å². The highest BCUT2D eigenvalue weighted by Gasteiger charge is 2.17. The van der Waals surface area contributed by atoms with Crippen LogP contribution in [0.5, 0.6) is 0 Å². The van der Waals surface area contributed by atoms with E-state index in [4.69, 9.17) is 0 Å². The Bertz CT molecular complexity index is 1330. The maximum absolute atomic E-state index is 14.0. The van der Waals surface area contributed by atoms with E-state index in [9.17, 15) is 17.6 Å². The first-order valence-corrected chi connectivity index (χ1v) is 13.2. The second kappa shape index (κ2) is 10.8. The Morgan fingerprint density at radius 1 is 1.00 bits per heavy atom. The fraction of sp³-hybridized carbons (Fsp3) is 0.200. The number of halogens is 1. The predicted molar refractivity (Wildman–Crippen MR) is 135 cm³/mol. The maximum atomic E-state index is 14.0. The van der Waals surface area contributed by atoms with Gasteiger partial charge in [0, 0.05) is 40.0 Å². The number of hydrogen-bond donors (Lipinski definition) is 2. The number of amides is 1. The van der Waals surface area contributed by atoms with Crippen LogP contribution in [0, 0.1) is 5.82 Å². The lowest BCUT2D eigenvalue weighted by molar-refractivity contribution is -0.111. The van der Waals surface area contributed by atoms with Gasteiger partial charge in [0.2, 0.25) is 5.91 Å². The number of aliphatic imine (C=N–C) groups is 1. The first kappa shape index (κ1) is 23.8. The van der Waals surface area contributed by atoms with Gasteiger partial charge in [-0.2, -0.15) is 0 Å². The number of hydrogen-bond acceptors (Lipinski definition) is 5. The van der Waals surface area contributed by atoms with E-state index in [1.54, 1.807) is 24.3 Å². The molecule has 2 heterocycles. The molecular weight excluding hydrogens is 473 g/mol. The van der Waals surface area contributed by atoms with Gasteiger partial charge in [-0.25, -0.2) is 12.8 Å². The molecule has 0 saturated carbocycles. The van der Waals surface area contributed by atoms with E-state index in [2.05, 4.69) is 15.0 Å². The van der Waals surface area contributed by atoms with Crippen molar-refractivity contribution < 1.29 is 17.6 Å². The first-order valence-electron chi connectivity index (χ1n) is 10.9. The standard InChI is InChI=1S/C25H24FN3O3S2/c26-22-7-4-3-6-21(22)23-15-11-19(33-23)12-16-25(30)28-18-9-13-20(14-10-18)34(31,32)29-24-8-2-1-5-17-27-24/h3-4,6-7,9-16H,1-2,5,8,17H2,(H,27,29)(H,28,30)/b16-12+. The second-order valence-corrected chi connectivity index (χ2v) is 10.6. The van der Waals surface area contributed by atoms with Crippen LogP contribution in [0.25, 0.3) is 16.5 Å². The Morgan fingerprint density at radius 2 is 1.79 bits per heavy atom. The van der Waals surface area contributed by atoms with Crippen LogP contribution in [0.15, 0.2) is 76.6 Å². The summed E-state index contributed by atoms with van der Waals surface area (Å²) >= 11 is 1.38. The summed E-state index contributed by atoms with van der Waals surface area (Å²) in [7, 11) is -3.72. The first-order chi connectivity index (χ1) is 16.4. The molecule has 1 amide bonds. The smallest absolute Gasteiger partial charge is 0.262 e. The second-order valence-electron chi connectivity index (χ2n) is 7.77. The summed E-state index contributed by atoms with van der Waals surface area (Å²) in [4.78, 5) is 18.3. The number of rotatable bonds is 6. The van der Waals surface area contributed by atoms with E-state index in [0.29, 0.717) is 30.1 Å². The quantitative estimate of drug-likeness (QED) is 0.444. The largest absolute Gasteiger partial charge is 0.323 e. The molecule has 34 heavy (non-hydrogen) atoms. The summed E-state index contributed by atoms with van der Waals surface area (Å²) in [5, 5.41) is 2.71. The van der Waals surface area contributed by atoms with Crippen LogP contribution in [-0.4, -0.2) is 26.7 Å². The lowest BCUT2D eigenvalue weighted by Gasteiger charge is -2.10. The molecule has 1 aliphatic rings. The molecule has 1 aromatic heterocycles. The normalized spacial score (nSPS) is 14.4. The van der Waals surface area contributed by atoms with Gasteiger partial charge in [-0.3, -0.25) is 14.5 Å². The van der Waals surface area contributed by atoms with Crippen molar-refractivity contribution in [2.24, 2.45) is 4.99 Å². The van der Waals surface area contributed by atoms with Crippen LogP contribution in [0.3, 0.4) is 0 Å². The molecule has 9 heteroatoms.